The molecule has 0 radical (unpaired) electrons. The quantitative estimate of drug-likeness (QED) is 0.342. The first-order valence-electron chi connectivity index (χ1n) is 10.9. The lowest BCUT2D eigenvalue weighted by atomic mass is 10.2. The molecule has 9 nitrogen and oxygen atoms in total. The molecule has 0 spiro atoms. The third kappa shape index (κ3) is 10.5. The standard InChI is InChI=1S/C22H38N6O3/c1-22(2,3)31-19-8-7-18(15-24-19)16-25-21(26-17-20(29)27(4)5)23-9-6-10-28-11-13-30-14-12-28/h7-8,15H,6,9-14,16-17H2,1-5H3,(H2,23,25,26). The van der Waals surface area contributed by atoms with Gasteiger partial charge in [-0.25, -0.2) is 9.98 Å². The summed E-state index contributed by atoms with van der Waals surface area (Å²) in [6.07, 6.45) is 2.76. The number of hydrogen-bond acceptors (Lipinski definition) is 6. The molecule has 174 valence electrons. The Balaban J connectivity index is 1.88. The second-order valence-electron chi connectivity index (χ2n) is 8.76. The molecule has 0 atom stereocenters. The Morgan fingerprint density at radius 3 is 2.61 bits per heavy atom. The highest BCUT2D eigenvalue weighted by molar-refractivity contribution is 5.86. The van der Waals surface area contributed by atoms with Crippen LogP contribution in [0, 0.1) is 0 Å². The number of carbonyl (C=O) groups is 1. The monoisotopic (exact) mass is 434 g/mol. The molecule has 0 aliphatic carbocycles. The summed E-state index contributed by atoms with van der Waals surface area (Å²) >= 11 is 0. The summed E-state index contributed by atoms with van der Waals surface area (Å²) in [5.41, 5.74) is 0.683. The summed E-state index contributed by atoms with van der Waals surface area (Å²) in [5.74, 6) is 1.21. The normalized spacial score (nSPS) is 15.5. The maximum absolute atomic E-state index is 11.9. The van der Waals surface area contributed by atoms with Crippen molar-refractivity contribution in [3.8, 4) is 5.88 Å². The first-order chi connectivity index (χ1) is 14.7. The predicted octanol–water partition coefficient (Wildman–Crippen LogP) is 1.10. The summed E-state index contributed by atoms with van der Waals surface area (Å²) in [6.45, 7) is 12.0. The number of likely N-dealkylation sites (N-methyl/N-ethyl adjacent to an activating group) is 1. The summed E-state index contributed by atoms with van der Waals surface area (Å²) in [7, 11) is 3.48. The molecule has 1 amide bonds. The second-order valence-corrected chi connectivity index (χ2v) is 8.76. The van der Waals surface area contributed by atoms with Gasteiger partial charge in [-0.15, -0.1) is 0 Å². The molecular formula is C22H38N6O3. The van der Waals surface area contributed by atoms with E-state index in [-0.39, 0.29) is 18.1 Å². The van der Waals surface area contributed by atoms with E-state index < -0.39 is 0 Å². The van der Waals surface area contributed by atoms with Gasteiger partial charge >= 0.3 is 0 Å². The van der Waals surface area contributed by atoms with Gasteiger partial charge in [0.05, 0.1) is 26.3 Å². The minimum absolute atomic E-state index is 0.00633. The molecule has 1 aliphatic heterocycles. The predicted molar refractivity (Wildman–Crippen MR) is 122 cm³/mol. The van der Waals surface area contributed by atoms with E-state index in [9.17, 15) is 4.79 Å². The van der Waals surface area contributed by atoms with Crippen molar-refractivity contribution in [2.75, 3.05) is 60.0 Å². The zero-order valence-electron chi connectivity index (χ0n) is 19.6. The van der Waals surface area contributed by atoms with Crippen LogP contribution >= 0.6 is 0 Å². The van der Waals surface area contributed by atoms with Gasteiger partial charge in [0.25, 0.3) is 0 Å². The van der Waals surface area contributed by atoms with Crippen LogP contribution in [0.2, 0.25) is 0 Å². The van der Waals surface area contributed by atoms with Crippen molar-refractivity contribution in [3.63, 3.8) is 0 Å². The molecule has 1 fully saturated rings. The third-order valence-electron chi connectivity index (χ3n) is 4.58. The maximum atomic E-state index is 11.9. The lowest BCUT2D eigenvalue weighted by molar-refractivity contribution is -0.127. The molecule has 9 heteroatoms. The van der Waals surface area contributed by atoms with Crippen molar-refractivity contribution in [2.45, 2.75) is 39.3 Å². The van der Waals surface area contributed by atoms with E-state index >= 15 is 0 Å². The van der Waals surface area contributed by atoms with E-state index in [0.717, 1.165) is 51.4 Å². The number of hydrogen-bond donors (Lipinski definition) is 2. The number of morpholine rings is 1. The van der Waals surface area contributed by atoms with Gasteiger partial charge in [0.1, 0.15) is 5.60 Å². The van der Waals surface area contributed by atoms with Crippen LogP contribution in [0.1, 0.15) is 32.8 Å². The van der Waals surface area contributed by atoms with Gasteiger partial charge in [0.2, 0.25) is 11.8 Å². The Labute approximate surface area is 186 Å². The molecule has 2 rings (SSSR count). The van der Waals surface area contributed by atoms with Gasteiger partial charge in [0, 0.05) is 46.0 Å². The second kappa shape index (κ2) is 12.5. The van der Waals surface area contributed by atoms with Crippen LogP contribution in [-0.2, 0) is 16.1 Å². The molecule has 0 saturated carbocycles. The Kier molecular flexibility index (Phi) is 10.00. The van der Waals surface area contributed by atoms with E-state index in [2.05, 4.69) is 25.5 Å². The number of pyridine rings is 1. The molecule has 2 heterocycles. The Hall–Kier alpha value is -2.39. The smallest absolute Gasteiger partial charge is 0.241 e. The van der Waals surface area contributed by atoms with Crippen LogP contribution in [0.15, 0.2) is 23.3 Å². The molecule has 1 aliphatic rings. The minimum Gasteiger partial charge on any atom is -0.472 e. The van der Waals surface area contributed by atoms with Gasteiger partial charge < -0.3 is 25.0 Å². The van der Waals surface area contributed by atoms with Crippen molar-refractivity contribution in [2.24, 2.45) is 4.99 Å². The molecule has 1 saturated heterocycles. The summed E-state index contributed by atoms with van der Waals surface area (Å²) in [5, 5.41) is 6.45. The highest BCUT2D eigenvalue weighted by atomic mass is 16.5. The highest BCUT2D eigenvalue weighted by Gasteiger charge is 2.13. The molecule has 0 bridgehead atoms. The van der Waals surface area contributed by atoms with Crippen molar-refractivity contribution in [3.05, 3.63) is 23.9 Å². The maximum Gasteiger partial charge on any atom is 0.241 e. The fourth-order valence-electron chi connectivity index (χ4n) is 2.87. The molecular weight excluding hydrogens is 396 g/mol. The lowest BCUT2D eigenvalue weighted by Crippen LogP contribution is -2.44. The third-order valence-corrected chi connectivity index (χ3v) is 4.58. The number of nitrogens with zero attached hydrogens (tertiary/aromatic N) is 4. The van der Waals surface area contributed by atoms with Gasteiger partial charge in [0.15, 0.2) is 5.96 Å². The van der Waals surface area contributed by atoms with Crippen LogP contribution in [0.5, 0.6) is 5.88 Å². The van der Waals surface area contributed by atoms with E-state index in [1.165, 1.54) is 0 Å². The number of carbonyl (C=O) groups excluding carboxylic acids is 1. The van der Waals surface area contributed by atoms with Crippen LogP contribution in [-0.4, -0.2) is 92.3 Å². The Bertz CT molecular complexity index is 694. The first-order valence-corrected chi connectivity index (χ1v) is 10.9. The SMILES string of the molecule is CN(C)C(=O)CNC(=NCc1ccc(OC(C)(C)C)nc1)NCCCN1CCOCC1. The van der Waals surface area contributed by atoms with Crippen molar-refractivity contribution in [1.82, 2.24) is 25.4 Å². The van der Waals surface area contributed by atoms with Crippen LogP contribution in [0.25, 0.3) is 0 Å². The van der Waals surface area contributed by atoms with E-state index in [4.69, 9.17) is 9.47 Å². The van der Waals surface area contributed by atoms with Crippen molar-refractivity contribution < 1.29 is 14.3 Å². The van der Waals surface area contributed by atoms with Gasteiger partial charge in [-0.05, 0) is 39.3 Å². The zero-order chi connectivity index (χ0) is 22.7. The Morgan fingerprint density at radius 2 is 2.00 bits per heavy atom. The van der Waals surface area contributed by atoms with Crippen molar-refractivity contribution >= 4 is 11.9 Å². The highest BCUT2D eigenvalue weighted by Crippen LogP contribution is 2.15. The number of ether oxygens (including phenoxy) is 2. The fourth-order valence-corrected chi connectivity index (χ4v) is 2.87. The minimum atomic E-state index is -0.284. The lowest BCUT2D eigenvalue weighted by Gasteiger charge is -2.26. The largest absolute Gasteiger partial charge is 0.472 e. The number of nitrogens with one attached hydrogen (secondary N) is 2. The van der Waals surface area contributed by atoms with Crippen LogP contribution in [0.3, 0.4) is 0 Å². The molecule has 1 aromatic heterocycles. The van der Waals surface area contributed by atoms with E-state index in [0.29, 0.717) is 18.4 Å². The average Bonchev–Trinajstić information content (AvgIpc) is 2.73. The molecule has 0 unspecified atom stereocenters. The number of guanidine groups is 1. The van der Waals surface area contributed by atoms with Crippen molar-refractivity contribution in [1.29, 1.82) is 0 Å². The summed E-state index contributed by atoms with van der Waals surface area (Å²) in [6, 6.07) is 3.81. The number of aromatic nitrogens is 1. The topological polar surface area (TPSA) is 91.3 Å². The van der Waals surface area contributed by atoms with Crippen LogP contribution < -0.4 is 15.4 Å². The molecule has 1 aromatic rings. The van der Waals surface area contributed by atoms with E-state index in [1.807, 2.05) is 32.9 Å². The van der Waals surface area contributed by atoms with Crippen LogP contribution in [0.4, 0.5) is 0 Å². The average molecular weight is 435 g/mol. The van der Waals surface area contributed by atoms with Gasteiger partial charge in [-0.1, -0.05) is 6.07 Å². The van der Waals surface area contributed by atoms with E-state index in [1.54, 1.807) is 25.2 Å². The molecule has 2 N–H and O–H groups in total. The molecule has 31 heavy (non-hydrogen) atoms. The first kappa shape index (κ1) is 24.9. The van der Waals surface area contributed by atoms with Gasteiger partial charge in [-0.2, -0.15) is 0 Å². The fraction of sp³-hybridized carbons (Fsp3) is 0.682. The zero-order valence-corrected chi connectivity index (χ0v) is 19.6. The number of amides is 1. The van der Waals surface area contributed by atoms with Gasteiger partial charge in [-0.3, -0.25) is 9.69 Å². The number of aliphatic imine (C=N–C) groups is 1. The molecule has 0 aromatic carbocycles. The Morgan fingerprint density at radius 1 is 1.26 bits per heavy atom. The summed E-state index contributed by atoms with van der Waals surface area (Å²) in [4.78, 5) is 24.9. The number of rotatable bonds is 9. The summed E-state index contributed by atoms with van der Waals surface area (Å²) < 4.78 is 11.1.